The molecule has 0 spiro atoms. The summed E-state index contributed by atoms with van der Waals surface area (Å²) in [6.07, 6.45) is 2.15. The third-order valence-corrected chi connectivity index (χ3v) is 2.79. The Balaban J connectivity index is 2.65. The predicted molar refractivity (Wildman–Crippen MR) is 61.1 cm³/mol. The molecule has 14 heavy (non-hydrogen) atoms. The van der Waals surface area contributed by atoms with E-state index in [0.29, 0.717) is 5.56 Å². The summed E-state index contributed by atoms with van der Waals surface area (Å²) in [5.74, 6) is 0. The van der Waals surface area contributed by atoms with E-state index in [1.54, 1.807) is 0 Å². The van der Waals surface area contributed by atoms with E-state index in [4.69, 9.17) is 5.26 Å². The van der Waals surface area contributed by atoms with E-state index in [9.17, 15) is 0 Å². The number of nitriles is 1. The van der Waals surface area contributed by atoms with Gasteiger partial charge in [-0.25, -0.2) is 0 Å². The van der Waals surface area contributed by atoms with E-state index < -0.39 is 0 Å². The molecule has 0 amide bonds. The largest absolute Gasteiger partial charge is 0.320 e. The van der Waals surface area contributed by atoms with Gasteiger partial charge in [-0.2, -0.15) is 5.26 Å². The zero-order chi connectivity index (χ0) is 10.4. The molecular formula is C11H13BrN2. The summed E-state index contributed by atoms with van der Waals surface area (Å²) in [5, 5.41) is 11.8. The van der Waals surface area contributed by atoms with Crippen LogP contribution < -0.4 is 5.32 Å². The topological polar surface area (TPSA) is 35.8 Å². The molecule has 0 fully saturated rings. The minimum atomic E-state index is 0.703. The second-order valence-electron chi connectivity index (χ2n) is 3.13. The molecule has 74 valence electrons. The molecule has 0 aliphatic heterocycles. The summed E-state index contributed by atoms with van der Waals surface area (Å²) in [6.45, 7) is 1.02. The van der Waals surface area contributed by atoms with Gasteiger partial charge < -0.3 is 5.32 Å². The van der Waals surface area contributed by atoms with Crippen molar-refractivity contribution in [3.63, 3.8) is 0 Å². The minimum absolute atomic E-state index is 0.703. The molecule has 0 radical (unpaired) electrons. The number of halogens is 1. The summed E-state index contributed by atoms with van der Waals surface area (Å²) >= 11 is 3.47. The van der Waals surface area contributed by atoms with Crippen LogP contribution >= 0.6 is 15.9 Å². The molecule has 0 saturated carbocycles. The van der Waals surface area contributed by atoms with E-state index in [2.05, 4.69) is 27.3 Å². The Labute approximate surface area is 93.1 Å². The van der Waals surface area contributed by atoms with Crippen LogP contribution in [0.1, 0.15) is 17.5 Å². The van der Waals surface area contributed by atoms with Crippen molar-refractivity contribution < 1.29 is 0 Å². The molecule has 2 nitrogen and oxygen atoms in total. The number of nitrogens with one attached hydrogen (secondary N) is 1. The molecule has 0 unspecified atom stereocenters. The van der Waals surface area contributed by atoms with E-state index in [1.165, 1.54) is 5.56 Å². The lowest BCUT2D eigenvalue weighted by molar-refractivity contribution is 0.723. The zero-order valence-corrected chi connectivity index (χ0v) is 9.76. The van der Waals surface area contributed by atoms with Gasteiger partial charge in [0.2, 0.25) is 0 Å². The molecule has 0 heterocycles. The van der Waals surface area contributed by atoms with Gasteiger partial charge in [0, 0.05) is 4.47 Å². The van der Waals surface area contributed by atoms with Crippen LogP contribution in [-0.2, 0) is 6.42 Å². The number of hydrogen-bond acceptors (Lipinski definition) is 2. The Bertz CT molecular complexity index is 342. The Morgan fingerprint density at radius 2 is 2.29 bits per heavy atom. The second kappa shape index (κ2) is 5.79. The smallest absolute Gasteiger partial charge is 0.0992 e. The first-order chi connectivity index (χ1) is 6.77. The van der Waals surface area contributed by atoms with Crippen LogP contribution in [0.5, 0.6) is 0 Å². The van der Waals surface area contributed by atoms with E-state index in [-0.39, 0.29) is 0 Å². The van der Waals surface area contributed by atoms with E-state index in [0.717, 1.165) is 23.9 Å². The Kier molecular flexibility index (Phi) is 4.64. The van der Waals surface area contributed by atoms with Crippen molar-refractivity contribution in [3.05, 3.63) is 33.8 Å². The molecule has 0 aliphatic carbocycles. The maximum atomic E-state index is 8.69. The van der Waals surface area contributed by atoms with Crippen LogP contribution in [0, 0.1) is 11.3 Å². The number of aryl methyl sites for hydroxylation is 1. The molecule has 1 aromatic carbocycles. The summed E-state index contributed by atoms with van der Waals surface area (Å²) < 4.78 is 1.03. The van der Waals surface area contributed by atoms with Crippen molar-refractivity contribution in [2.24, 2.45) is 0 Å². The molecular weight excluding hydrogens is 240 g/mol. The van der Waals surface area contributed by atoms with Crippen molar-refractivity contribution in [2.75, 3.05) is 13.6 Å². The first kappa shape index (κ1) is 11.2. The number of rotatable bonds is 4. The van der Waals surface area contributed by atoms with E-state index >= 15 is 0 Å². The molecule has 0 bridgehead atoms. The van der Waals surface area contributed by atoms with Crippen LogP contribution in [0.4, 0.5) is 0 Å². The van der Waals surface area contributed by atoms with Crippen molar-refractivity contribution in [1.82, 2.24) is 5.32 Å². The van der Waals surface area contributed by atoms with Gasteiger partial charge in [0.1, 0.15) is 0 Å². The average molecular weight is 253 g/mol. The Hall–Kier alpha value is -0.850. The van der Waals surface area contributed by atoms with Crippen LogP contribution in [-0.4, -0.2) is 13.6 Å². The first-order valence-electron chi connectivity index (χ1n) is 4.61. The van der Waals surface area contributed by atoms with Crippen molar-refractivity contribution in [2.45, 2.75) is 12.8 Å². The second-order valence-corrected chi connectivity index (χ2v) is 3.98. The van der Waals surface area contributed by atoms with Crippen molar-refractivity contribution >= 4 is 15.9 Å². The van der Waals surface area contributed by atoms with Crippen LogP contribution in [0.15, 0.2) is 22.7 Å². The average Bonchev–Trinajstić information content (AvgIpc) is 2.20. The zero-order valence-electron chi connectivity index (χ0n) is 8.18. The molecule has 0 aliphatic rings. The Morgan fingerprint density at radius 3 is 2.86 bits per heavy atom. The van der Waals surface area contributed by atoms with E-state index in [1.807, 2.05) is 25.2 Å². The highest BCUT2D eigenvalue weighted by Crippen LogP contribution is 2.19. The van der Waals surface area contributed by atoms with Gasteiger partial charge >= 0.3 is 0 Å². The highest BCUT2D eigenvalue weighted by atomic mass is 79.9. The fourth-order valence-corrected chi connectivity index (χ4v) is 1.85. The molecule has 1 N–H and O–H groups in total. The lowest BCUT2D eigenvalue weighted by Crippen LogP contribution is -2.08. The summed E-state index contributed by atoms with van der Waals surface area (Å²) in [4.78, 5) is 0. The predicted octanol–water partition coefficient (Wildman–Crippen LogP) is 2.47. The molecule has 0 saturated heterocycles. The van der Waals surface area contributed by atoms with Gasteiger partial charge in [-0.3, -0.25) is 0 Å². The lowest BCUT2D eigenvalue weighted by atomic mass is 10.1. The molecule has 0 atom stereocenters. The minimum Gasteiger partial charge on any atom is -0.320 e. The summed E-state index contributed by atoms with van der Waals surface area (Å²) in [5.41, 5.74) is 1.97. The van der Waals surface area contributed by atoms with Gasteiger partial charge in [0.25, 0.3) is 0 Å². The Morgan fingerprint density at radius 1 is 1.50 bits per heavy atom. The summed E-state index contributed by atoms with van der Waals surface area (Å²) in [7, 11) is 1.95. The SMILES string of the molecule is CNCCCc1ccc(C#N)cc1Br. The highest BCUT2D eigenvalue weighted by Gasteiger charge is 2.00. The number of benzene rings is 1. The van der Waals surface area contributed by atoms with Crippen molar-refractivity contribution in [3.8, 4) is 6.07 Å². The van der Waals surface area contributed by atoms with Crippen LogP contribution in [0.3, 0.4) is 0 Å². The van der Waals surface area contributed by atoms with Gasteiger partial charge in [-0.15, -0.1) is 0 Å². The third kappa shape index (κ3) is 3.13. The maximum absolute atomic E-state index is 8.69. The number of hydrogen-bond donors (Lipinski definition) is 1. The van der Waals surface area contributed by atoms with Crippen LogP contribution in [0.2, 0.25) is 0 Å². The van der Waals surface area contributed by atoms with Gasteiger partial charge in [-0.05, 0) is 44.1 Å². The van der Waals surface area contributed by atoms with Crippen molar-refractivity contribution in [1.29, 1.82) is 5.26 Å². The fourth-order valence-electron chi connectivity index (χ4n) is 1.28. The standard InChI is InChI=1S/C11H13BrN2/c1-14-6-2-3-10-5-4-9(8-13)7-11(10)12/h4-5,7,14H,2-3,6H2,1H3. The monoisotopic (exact) mass is 252 g/mol. The van der Waals surface area contributed by atoms with Gasteiger partial charge in [-0.1, -0.05) is 22.0 Å². The van der Waals surface area contributed by atoms with Crippen LogP contribution in [0.25, 0.3) is 0 Å². The highest BCUT2D eigenvalue weighted by molar-refractivity contribution is 9.10. The molecule has 3 heteroatoms. The first-order valence-corrected chi connectivity index (χ1v) is 5.40. The quantitative estimate of drug-likeness (QED) is 0.837. The van der Waals surface area contributed by atoms with Gasteiger partial charge in [0.05, 0.1) is 11.6 Å². The third-order valence-electron chi connectivity index (χ3n) is 2.06. The molecule has 1 aromatic rings. The lowest BCUT2D eigenvalue weighted by Gasteiger charge is -2.04. The normalized spacial score (nSPS) is 9.79. The van der Waals surface area contributed by atoms with Gasteiger partial charge in [0.15, 0.2) is 0 Å². The fraction of sp³-hybridized carbons (Fsp3) is 0.364. The summed E-state index contributed by atoms with van der Waals surface area (Å²) in [6, 6.07) is 7.86. The number of nitrogens with zero attached hydrogens (tertiary/aromatic N) is 1. The molecule has 0 aromatic heterocycles. The molecule has 1 rings (SSSR count). The maximum Gasteiger partial charge on any atom is 0.0992 e.